The average Bonchev–Trinajstić information content (AvgIpc) is 2.33. The zero-order valence-electron chi connectivity index (χ0n) is 10.4. The van der Waals surface area contributed by atoms with E-state index in [0.29, 0.717) is 0 Å². The monoisotopic (exact) mass is 233 g/mol. The Hall–Kier alpha value is -1.32. The summed E-state index contributed by atoms with van der Waals surface area (Å²) < 4.78 is 10.5. The molecular formula is C14H19NO2. The van der Waals surface area contributed by atoms with Crippen molar-refractivity contribution in [2.45, 2.75) is 12.5 Å². The first kappa shape index (κ1) is 12.1. The predicted molar refractivity (Wildman–Crippen MR) is 68.3 cm³/mol. The predicted octanol–water partition coefficient (Wildman–Crippen LogP) is 2.09. The first-order valence-electron chi connectivity index (χ1n) is 5.89. The molecule has 0 aliphatic carbocycles. The molecule has 3 nitrogen and oxygen atoms in total. The molecule has 1 aliphatic rings. The molecular weight excluding hydrogens is 214 g/mol. The van der Waals surface area contributed by atoms with Crippen molar-refractivity contribution in [2.24, 2.45) is 0 Å². The number of methoxy groups -OCH3 is 1. The zero-order valence-corrected chi connectivity index (χ0v) is 10.4. The van der Waals surface area contributed by atoms with Crippen molar-refractivity contribution in [3.05, 3.63) is 42.0 Å². The van der Waals surface area contributed by atoms with Gasteiger partial charge in [0.1, 0.15) is 5.75 Å². The molecule has 1 aliphatic heterocycles. The van der Waals surface area contributed by atoms with Crippen LogP contribution in [-0.4, -0.2) is 26.9 Å². The van der Waals surface area contributed by atoms with E-state index in [0.717, 1.165) is 25.5 Å². The van der Waals surface area contributed by atoms with Crippen molar-refractivity contribution < 1.29 is 9.47 Å². The second-order valence-corrected chi connectivity index (χ2v) is 4.25. The van der Waals surface area contributed by atoms with Crippen molar-refractivity contribution in [1.82, 2.24) is 5.32 Å². The van der Waals surface area contributed by atoms with Gasteiger partial charge in [0.2, 0.25) is 0 Å². The van der Waals surface area contributed by atoms with Crippen LogP contribution < -0.4 is 10.1 Å². The Balaban J connectivity index is 2.10. The van der Waals surface area contributed by atoms with Crippen LogP contribution >= 0.6 is 0 Å². The van der Waals surface area contributed by atoms with Gasteiger partial charge in [0.15, 0.2) is 0 Å². The van der Waals surface area contributed by atoms with Crippen LogP contribution in [0.2, 0.25) is 0 Å². The van der Waals surface area contributed by atoms with Gasteiger partial charge in [0, 0.05) is 6.54 Å². The Morgan fingerprint density at radius 3 is 2.53 bits per heavy atom. The standard InChI is InChI=1S/C14H19NO2/c1-3-4-9-15-14(10-17-11-14)12-5-7-13(16-2)8-6-12/h3-8,15H,9-11H2,1-2H3/b4-3+. The first-order valence-corrected chi connectivity index (χ1v) is 5.89. The second-order valence-electron chi connectivity index (χ2n) is 4.25. The molecule has 0 amide bonds. The summed E-state index contributed by atoms with van der Waals surface area (Å²) in [6.07, 6.45) is 4.16. The zero-order chi connectivity index (χ0) is 12.1. The first-order chi connectivity index (χ1) is 8.30. The van der Waals surface area contributed by atoms with Crippen molar-refractivity contribution in [3.8, 4) is 5.75 Å². The molecule has 1 aromatic rings. The van der Waals surface area contributed by atoms with E-state index in [1.807, 2.05) is 25.1 Å². The number of hydrogen-bond acceptors (Lipinski definition) is 3. The highest BCUT2D eigenvalue weighted by Gasteiger charge is 2.39. The lowest BCUT2D eigenvalue weighted by molar-refractivity contribution is -0.0768. The Bertz CT molecular complexity index is 380. The van der Waals surface area contributed by atoms with Gasteiger partial charge in [-0.05, 0) is 24.6 Å². The fraction of sp³-hybridized carbons (Fsp3) is 0.429. The molecule has 92 valence electrons. The molecule has 2 rings (SSSR count). The third-order valence-electron chi connectivity index (χ3n) is 3.13. The second kappa shape index (κ2) is 5.34. The van der Waals surface area contributed by atoms with Gasteiger partial charge in [0.25, 0.3) is 0 Å². The van der Waals surface area contributed by atoms with E-state index >= 15 is 0 Å². The molecule has 0 unspecified atom stereocenters. The summed E-state index contributed by atoms with van der Waals surface area (Å²) in [5, 5.41) is 3.53. The fourth-order valence-electron chi connectivity index (χ4n) is 1.96. The summed E-state index contributed by atoms with van der Waals surface area (Å²) in [6.45, 7) is 4.36. The highest BCUT2D eigenvalue weighted by atomic mass is 16.5. The van der Waals surface area contributed by atoms with E-state index in [1.54, 1.807) is 7.11 Å². The molecule has 1 aromatic carbocycles. The number of rotatable bonds is 5. The normalized spacial score (nSPS) is 18.0. The average molecular weight is 233 g/mol. The quantitative estimate of drug-likeness (QED) is 0.790. The summed E-state index contributed by atoms with van der Waals surface area (Å²) in [6, 6.07) is 8.19. The third kappa shape index (κ3) is 2.51. The van der Waals surface area contributed by atoms with Gasteiger partial charge in [-0.25, -0.2) is 0 Å². The molecule has 1 fully saturated rings. The third-order valence-corrected chi connectivity index (χ3v) is 3.13. The van der Waals surface area contributed by atoms with Gasteiger partial charge in [-0.2, -0.15) is 0 Å². The van der Waals surface area contributed by atoms with Gasteiger partial charge in [-0.15, -0.1) is 0 Å². The molecule has 0 saturated carbocycles. The van der Waals surface area contributed by atoms with E-state index in [-0.39, 0.29) is 5.54 Å². The van der Waals surface area contributed by atoms with E-state index in [2.05, 4.69) is 23.5 Å². The highest BCUT2D eigenvalue weighted by Crippen LogP contribution is 2.30. The SMILES string of the molecule is C/C=C/CNC1(c2ccc(OC)cc2)COC1. The van der Waals surface area contributed by atoms with Crippen LogP contribution in [0.1, 0.15) is 12.5 Å². The van der Waals surface area contributed by atoms with Gasteiger partial charge in [-0.3, -0.25) is 0 Å². The maximum atomic E-state index is 5.36. The van der Waals surface area contributed by atoms with Crippen LogP contribution in [0.15, 0.2) is 36.4 Å². The molecule has 0 aromatic heterocycles. The summed E-state index contributed by atoms with van der Waals surface area (Å²) >= 11 is 0. The summed E-state index contributed by atoms with van der Waals surface area (Å²) in [5.41, 5.74) is 1.24. The Kier molecular flexibility index (Phi) is 3.82. The Morgan fingerprint density at radius 2 is 2.06 bits per heavy atom. The number of benzene rings is 1. The maximum Gasteiger partial charge on any atom is 0.118 e. The van der Waals surface area contributed by atoms with Crippen LogP contribution in [0.5, 0.6) is 5.75 Å². The van der Waals surface area contributed by atoms with Crippen LogP contribution in [0.3, 0.4) is 0 Å². The van der Waals surface area contributed by atoms with Crippen molar-refractivity contribution in [2.75, 3.05) is 26.9 Å². The fourth-order valence-corrected chi connectivity index (χ4v) is 1.96. The number of hydrogen-bond donors (Lipinski definition) is 1. The Morgan fingerprint density at radius 1 is 1.35 bits per heavy atom. The minimum atomic E-state index is -0.0220. The van der Waals surface area contributed by atoms with Crippen LogP contribution in [-0.2, 0) is 10.3 Å². The lowest BCUT2D eigenvalue weighted by Crippen LogP contribution is -2.57. The summed E-state index contributed by atoms with van der Waals surface area (Å²) in [4.78, 5) is 0. The number of nitrogens with one attached hydrogen (secondary N) is 1. The lowest BCUT2D eigenvalue weighted by atomic mass is 9.88. The van der Waals surface area contributed by atoms with Crippen LogP contribution in [0, 0.1) is 0 Å². The molecule has 0 spiro atoms. The van der Waals surface area contributed by atoms with Crippen molar-refractivity contribution in [3.63, 3.8) is 0 Å². The molecule has 1 saturated heterocycles. The molecule has 0 bridgehead atoms. The van der Waals surface area contributed by atoms with Gasteiger partial charge in [-0.1, -0.05) is 24.3 Å². The van der Waals surface area contributed by atoms with E-state index < -0.39 is 0 Å². The molecule has 0 atom stereocenters. The number of ether oxygens (including phenoxy) is 2. The van der Waals surface area contributed by atoms with E-state index in [1.165, 1.54) is 5.56 Å². The summed E-state index contributed by atoms with van der Waals surface area (Å²) in [7, 11) is 1.68. The minimum absolute atomic E-state index is 0.0220. The largest absolute Gasteiger partial charge is 0.497 e. The highest BCUT2D eigenvalue weighted by molar-refractivity contribution is 5.33. The number of allylic oxidation sites excluding steroid dienone is 1. The molecule has 3 heteroatoms. The van der Waals surface area contributed by atoms with Gasteiger partial charge >= 0.3 is 0 Å². The summed E-state index contributed by atoms with van der Waals surface area (Å²) in [5.74, 6) is 0.887. The maximum absolute atomic E-state index is 5.36. The smallest absolute Gasteiger partial charge is 0.118 e. The molecule has 1 heterocycles. The molecule has 17 heavy (non-hydrogen) atoms. The van der Waals surface area contributed by atoms with Crippen LogP contribution in [0.25, 0.3) is 0 Å². The van der Waals surface area contributed by atoms with Gasteiger partial charge < -0.3 is 14.8 Å². The Labute approximate surface area is 102 Å². The van der Waals surface area contributed by atoms with Crippen LogP contribution in [0.4, 0.5) is 0 Å². The minimum Gasteiger partial charge on any atom is -0.497 e. The van der Waals surface area contributed by atoms with Crippen molar-refractivity contribution in [1.29, 1.82) is 0 Å². The lowest BCUT2D eigenvalue weighted by Gasteiger charge is -2.42. The molecule has 0 radical (unpaired) electrons. The van der Waals surface area contributed by atoms with E-state index in [4.69, 9.17) is 9.47 Å². The van der Waals surface area contributed by atoms with Crippen molar-refractivity contribution >= 4 is 0 Å². The molecule has 1 N–H and O–H groups in total. The van der Waals surface area contributed by atoms with E-state index in [9.17, 15) is 0 Å². The van der Waals surface area contributed by atoms with Gasteiger partial charge in [0.05, 0.1) is 25.9 Å². The topological polar surface area (TPSA) is 30.5 Å².